The summed E-state index contributed by atoms with van der Waals surface area (Å²) in [6.07, 6.45) is 1.48. The summed E-state index contributed by atoms with van der Waals surface area (Å²) in [5.41, 5.74) is 2.01. The van der Waals surface area contributed by atoms with E-state index in [0.717, 1.165) is 16.5 Å². The molecule has 0 N–H and O–H groups in total. The highest BCUT2D eigenvalue weighted by atomic mass is 35.5. The second kappa shape index (κ2) is 2.72. The fourth-order valence-corrected chi connectivity index (χ4v) is 1.52. The van der Waals surface area contributed by atoms with E-state index in [2.05, 4.69) is 9.97 Å². The van der Waals surface area contributed by atoms with E-state index in [-0.39, 0.29) is 0 Å². The molecule has 0 unspecified atom stereocenters. The van der Waals surface area contributed by atoms with Gasteiger partial charge in [0.25, 0.3) is 0 Å². The SMILES string of the molecule is Cc1cccc2ncnc(Cl)c12. The Morgan fingerprint density at radius 3 is 2.83 bits per heavy atom. The molecule has 0 aliphatic heterocycles. The van der Waals surface area contributed by atoms with Gasteiger partial charge in [-0.1, -0.05) is 23.7 Å². The van der Waals surface area contributed by atoms with Crippen molar-refractivity contribution in [3.05, 3.63) is 35.2 Å². The molecule has 0 radical (unpaired) electrons. The molecule has 0 saturated carbocycles. The first-order valence-electron chi connectivity index (χ1n) is 3.65. The Kier molecular flexibility index (Phi) is 1.70. The zero-order valence-electron chi connectivity index (χ0n) is 6.58. The van der Waals surface area contributed by atoms with E-state index < -0.39 is 0 Å². The van der Waals surface area contributed by atoms with Gasteiger partial charge >= 0.3 is 0 Å². The standard InChI is InChI=1S/C9H7ClN2/c1-6-3-2-4-7-8(6)9(10)12-5-11-7/h2-5H,1H3. The Morgan fingerprint density at radius 1 is 1.25 bits per heavy atom. The third-order valence-corrected chi connectivity index (χ3v) is 2.11. The number of halogens is 1. The van der Waals surface area contributed by atoms with Gasteiger partial charge < -0.3 is 0 Å². The molecule has 2 rings (SSSR count). The zero-order chi connectivity index (χ0) is 8.55. The maximum absolute atomic E-state index is 5.91. The van der Waals surface area contributed by atoms with E-state index in [0.29, 0.717) is 5.15 Å². The van der Waals surface area contributed by atoms with Crippen LogP contribution in [0.2, 0.25) is 5.15 Å². The minimum atomic E-state index is 0.526. The maximum Gasteiger partial charge on any atom is 0.140 e. The Labute approximate surface area is 75.2 Å². The third-order valence-electron chi connectivity index (χ3n) is 1.82. The van der Waals surface area contributed by atoms with Crippen LogP contribution >= 0.6 is 11.6 Å². The second-order valence-corrected chi connectivity index (χ2v) is 2.99. The number of hydrogen-bond acceptors (Lipinski definition) is 2. The van der Waals surface area contributed by atoms with Gasteiger partial charge in [-0.05, 0) is 18.6 Å². The molecule has 0 aliphatic rings. The van der Waals surface area contributed by atoms with Gasteiger partial charge in [-0.15, -0.1) is 0 Å². The average Bonchev–Trinajstić information content (AvgIpc) is 2.04. The summed E-state index contributed by atoms with van der Waals surface area (Å²) < 4.78 is 0. The van der Waals surface area contributed by atoms with Gasteiger partial charge in [0.1, 0.15) is 11.5 Å². The van der Waals surface area contributed by atoms with Crippen molar-refractivity contribution >= 4 is 22.5 Å². The first kappa shape index (κ1) is 7.50. The van der Waals surface area contributed by atoms with Crippen LogP contribution in [0.15, 0.2) is 24.5 Å². The topological polar surface area (TPSA) is 25.8 Å². The highest BCUT2D eigenvalue weighted by Crippen LogP contribution is 2.21. The van der Waals surface area contributed by atoms with Crippen LogP contribution in [0.3, 0.4) is 0 Å². The van der Waals surface area contributed by atoms with Crippen molar-refractivity contribution in [2.45, 2.75) is 6.92 Å². The van der Waals surface area contributed by atoms with Gasteiger partial charge in [0.05, 0.1) is 5.52 Å². The van der Waals surface area contributed by atoms with Gasteiger partial charge in [0.15, 0.2) is 0 Å². The van der Waals surface area contributed by atoms with Crippen molar-refractivity contribution in [2.24, 2.45) is 0 Å². The molecule has 12 heavy (non-hydrogen) atoms. The lowest BCUT2D eigenvalue weighted by atomic mass is 10.1. The Morgan fingerprint density at radius 2 is 2.08 bits per heavy atom. The lowest BCUT2D eigenvalue weighted by Crippen LogP contribution is -1.85. The van der Waals surface area contributed by atoms with Crippen LogP contribution < -0.4 is 0 Å². The van der Waals surface area contributed by atoms with Crippen LogP contribution in [0, 0.1) is 6.92 Å². The van der Waals surface area contributed by atoms with Crippen molar-refractivity contribution in [1.82, 2.24) is 9.97 Å². The fourth-order valence-electron chi connectivity index (χ4n) is 1.23. The zero-order valence-corrected chi connectivity index (χ0v) is 7.34. The predicted octanol–water partition coefficient (Wildman–Crippen LogP) is 2.59. The number of hydrogen-bond donors (Lipinski definition) is 0. The summed E-state index contributed by atoms with van der Waals surface area (Å²) in [7, 11) is 0. The van der Waals surface area contributed by atoms with E-state index in [9.17, 15) is 0 Å². The highest BCUT2D eigenvalue weighted by Gasteiger charge is 2.01. The number of fused-ring (bicyclic) bond motifs is 1. The van der Waals surface area contributed by atoms with E-state index >= 15 is 0 Å². The molecule has 0 aliphatic carbocycles. The van der Waals surface area contributed by atoms with Crippen molar-refractivity contribution in [3.8, 4) is 0 Å². The van der Waals surface area contributed by atoms with Crippen molar-refractivity contribution in [2.75, 3.05) is 0 Å². The van der Waals surface area contributed by atoms with Gasteiger partial charge in [0, 0.05) is 5.39 Å². The van der Waals surface area contributed by atoms with Gasteiger partial charge in [-0.2, -0.15) is 0 Å². The van der Waals surface area contributed by atoms with Crippen LogP contribution in [-0.2, 0) is 0 Å². The summed E-state index contributed by atoms with van der Waals surface area (Å²) in [6.45, 7) is 2.00. The lowest BCUT2D eigenvalue weighted by molar-refractivity contribution is 1.22. The fraction of sp³-hybridized carbons (Fsp3) is 0.111. The van der Waals surface area contributed by atoms with Crippen LogP contribution in [0.4, 0.5) is 0 Å². The normalized spacial score (nSPS) is 10.5. The summed E-state index contributed by atoms with van der Waals surface area (Å²) in [5.74, 6) is 0. The minimum Gasteiger partial charge on any atom is -0.236 e. The van der Waals surface area contributed by atoms with Gasteiger partial charge in [-0.25, -0.2) is 9.97 Å². The molecule has 1 aromatic carbocycles. The monoisotopic (exact) mass is 178 g/mol. The smallest absolute Gasteiger partial charge is 0.140 e. The summed E-state index contributed by atoms with van der Waals surface area (Å²) in [4.78, 5) is 8.03. The summed E-state index contributed by atoms with van der Waals surface area (Å²) in [5, 5.41) is 1.47. The van der Waals surface area contributed by atoms with Crippen molar-refractivity contribution in [3.63, 3.8) is 0 Å². The quantitative estimate of drug-likeness (QED) is 0.580. The Hall–Kier alpha value is -1.15. The largest absolute Gasteiger partial charge is 0.236 e. The van der Waals surface area contributed by atoms with Crippen LogP contribution in [0.25, 0.3) is 10.9 Å². The van der Waals surface area contributed by atoms with E-state index in [1.165, 1.54) is 6.33 Å². The average molecular weight is 179 g/mol. The van der Waals surface area contributed by atoms with Crippen LogP contribution in [-0.4, -0.2) is 9.97 Å². The van der Waals surface area contributed by atoms with Gasteiger partial charge in [-0.3, -0.25) is 0 Å². The minimum absolute atomic E-state index is 0.526. The summed E-state index contributed by atoms with van der Waals surface area (Å²) in [6, 6.07) is 5.88. The summed E-state index contributed by atoms with van der Waals surface area (Å²) >= 11 is 5.91. The number of benzene rings is 1. The predicted molar refractivity (Wildman–Crippen MR) is 49.3 cm³/mol. The van der Waals surface area contributed by atoms with E-state index in [4.69, 9.17) is 11.6 Å². The maximum atomic E-state index is 5.91. The molecule has 0 fully saturated rings. The molecule has 0 saturated heterocycles. The lowest BCUT2D eigenvalue weighted by Gasteiger charge is -2.00. The molecule has 1 aromatic heterocycles. The molecular weight excluding hydrogens is 172 g/mol. The first-order valence-corrected chi connectivity index (χ1v) is 4.02. The number of rotatable bonds is 0. The number of aryl methyl sites for hydroxylation is 1. The van der Waals surface area contributed by atoms with E-state index in [1.54, 1.807) is 0 Å². The molecule has 60 valence electrons. The molecule has 1 heterocycles. The molecule has 0 atom stereocenters. The highest BCUT2D eigenvalue weighted by molar-refractivity contribution is 6.34. The molecule has 0 amide bonds. The van der Waals surface area contributed by atoms with Crippen molar-refractivity contribution < 1.29 is 0 Å². The molecule has 0 bridgehead atoms. The Balaban J connectivity index is 2.96. The van der Waals surface area contributed by atoms with E-state index in [1.807, 2.05) is 25.1 Å². The molecule has 0 spiro atoms. The molecular formula is C9H7ClN2. The molecule has 2 nitrogen and oxygen atoms in total. The van der Waals surface area contributed by atoms with Crippen molar-refractivity contribution in [1.29, 1.82) is 0 Å². The van der Waals surface area contributed by atoms with Crippen LogP contribution in [0.1, 0.15) is 5.56 Å². The second-order valence-electron chi connectivity index (χ2n) is 2.63. The number of aromatic nitrogens is 2. The van der Waals surface area contributed by atoms with Gasteiger partial charge in [0.2, 0.25) is 0 Å². The molecule has 3 heteroatoms. The third kappa shape index (κ3) is 1.04. The molecule has 2 aromatic rings. The van der Waals surface area contributed by atoms with Crippen LogP contribution in [0.5, 0.6) is 0 Å². The number of nitrogens with zero attached hydrogens (tertiary/aromatic N) is 2. The first-order chi connectivity index (χ1) is 5.79. The Bertz CT molecular complexity index is 389.